The van der Waals surface area contributed by atoms with Crippen molar-refractivity contribution in [3.05, 3.63) is 89.4 Å². The molecule has 0 amide bonds. The quantitative estimate of drug-likeness (QED) is 0.240. The predicted molar refractivity (Wildman–Crippen MR) is 174 cm³/mol. The number of pyridine rings is 1. The molecule has 3 aromatic rings. The number of aryl methyl sites for hydroxylation is 2. The maximum Gasteiger partial charge on any atom is 0.167 e. The molecule has 1 N–H and O–H groups in total. The summed E-state index contributed by atoms with van der Waals surface area (Å²) in [6.45, 7) is 26.0. The van der Waals surface area contributed by atoms with Crippen LogP contribution in [0.5, 0.6) is 0 Å². The van der Waals surface area contributed by atoms with Gasteiger partial charge in [0.1, 0.15) is 11.4 Å². The fourth-order valence-corrected chi connectivity index (χ4v) is 7.11. The van der Waals surface area contributed by atoms with Crippen LogP contribution in [0.25, 0.3) is 16.7 Å². The van der Waals surface area contributed by atoms with Gasteiger partial charge < -0.3 is 19.7 Å². The zero-order valence-electron chi connectivity index (χ0n) is 26.8. The minimum absolute atomic E-state index is 0.0188. The second-order valence-electron chi connectivity index (χ2n) is 13.5. The van der Waals surface area contributed by atoms with Crippen molar-refractivity contribution in [2.75, 3.05) is 18.9 Å². The second kappa shape index (κ2) is 11.5. The van der Waals surface area contributed by atoms with Gasteiger partial charge in [-0.2, -0.15) is 0 Å². The van der Waals surface area contributed by atoms with E-state index in [2.05, 4.69) is 87.2 Å². The van der Waals surface area contributed by atoms with E-state index < -0.39 is 11.4 Å². The van der Waals surface area contributed by atoms with E-state index >= 15 is 4.39 Å². The Bertz CT molecular complexity index is 1590. The summed E-state index contributed by atoms with van der Waals surface area (Å²) in [6.07, 6.45) is 5.40. The van der Waals surface area contributed by atoms with Crippen LogP contribution in [0.1, 0.15) is 89.1 Å². The minimum Gasteiger partial charge on any atom is -0.376 e. The highest BCUT2D eigenvalue weighted by molar-refractivity contribution is 5.80. The third kappa shape index (κ3) is 5.47. The molecule has 2 aromatic heterocycles. The van der Waals surface area contributed by atoms with Crippen LogP contribution in [-0.4, -0.2) is 32.9 Å². The fraction of sp³-hybridized carbons (Fsp3) is 0.472. The van der Waals surface area contributed by atoms with Crippen LogP contribution >= 0.6 is 0 Å². The number of benzene rings is 1. The maximum absolute atomic E-state index is 15.5. The number of anilines is 1. The largest absolute Gasteiger partial charge is 0.376 e. The first-order chi connectivity index (χ1) is 20.3. The van der Waals surface area contributed by atoms with Gasteiger partial charge in [-0.05, 0) is 60.4 Å². The summed E-state index contributed by atoms with van der Waals surface area (Å²) in [4.78, 5) is 9.27. The first kappa shape index (κ1) is 30.8. The third-order valence-electron chi connectivity index (χ3n) is 9.09. The van der Waals surface area contributed by atoms with Crippen molar-refractivity contribution in [1.29, 1.82) is 0 Å². The molecule has 43 heavy (non-hydrogen) atoms. The van der Waals surface area contributed by atoms with Gasteiger partial charge in [0, 0.05) is 54.6 Å². The summed E-state index contributed by atoms with van der Waals surface area (Å²) in [5, 5.41) is 3.13. The Kier molecular flexibility index (Phi) is 8.23. The van der Waals surface area contributed by atoms with Crippen molar-refractivity contribution in [2.45, 2.75) is 91.8 Å². The van der Waals surface area contributed by atoms with E-state index in [9.17, 15) is 4.39 Å². The number of allylic oxidation sites excluding steroid dienone is 1. The Morgan fingerprint density at radius 2 is 1.84 bits per heavy atom. The van der Waals surface area contributed by atoms with Crippen LogP contribution < -0.4 is 5.32 Å². The number of hydrogen-bond donors (Lipinski definition) is 1. The van der Waals surface area contributed by atoms with Gasteiger partial charge in [-0.3, -0.25) is 0 Å². The van der Waals surface area contributed by atoms with E-state index in [0.717, 1.165) is 95.7 Å². The average molecular weight is 588 g/mol. The molecule has 1 fully saturated rings. The van der Waals surface area contributed by atoms with Crippen LogP contribution in [0.4, 0.5) is 14.6 Å². The van der Waals surface area contributed by atoms with Gasteiger partial charge >= 0.3 is 0 Å². The normalized spacial score (nSPS) is 18.4. The number of nitrogens with zero attached hydrogens (tertiary/aromatic N) is 4. The van der Waals surface area contributed by atoms with Gasteiger partial charge in [0.2, 0.25) is 0 Å². The predicted octanol–water partition coefficient (Wildman–Crippen LogP) is 8.96. The summed E-state index contributed by atoms with van der Waals surface area (Å²) in [5.74, 6) is -0.443. The summed E-state index contributed by atoms with van der Waals surface area (Å²) in [6, 6.07) is 6.96. The summed E-state index contributed by atoms with van der Waals surface area (Å²) in [7, 11) is 2.07. The lowest BCUT2D eigenvalue weighted by Gasteiger charge is -2.40. The Labute approximate surface area is 256 Å². The molecule has 0 bridgehead atoms. The lowest BCUT2D eigenvalue weighted by atomic mass is 9.82. The van der Waals surface area contributed by atoms with Crippen molar-refractivity contribution >= 4 is 22.5 Å². The van der Waals surface area contributed by atoms with Crippen LogP contribution in [0.15, 0.2) is 55.4 Å². The molecule has 5 rings (SSSR count). The van der Waals surface area contributed by atoms with Crippen molar-refractivity contribution in [2.24, 2.45) is 5.41 Å². The molecule has 7 heteroatoms. The van der Waals surface area contributed by atoms with Crippen LogP contribution in [0, 0.1) is 17.0 Å². The molecule has 1 saturated heterocycles. The molecule has 230 valence electrons. The van der Waals surface area contributed by atoms with E-state index in [1.54, 1.807) is 18.2 Å². The SMILES string of the molecule is C=C(CC(C)(C)C)Nc1nc2cc(CN3C(=C)c4cc(F)cc(CC)c4C34CCN(C)C4=C)n(CCCCC)c2cc1F. The number of halogens is 2. The number of likely N-dealkylation sites (N-methyl/N-ethyl adjacent to an activating group) is 1. The minimum atomic E-state index is -0.513. The molecule has 2 aliphatic heterocycles. The first-order valence-corrected chi connectivity index (χ1v) is 15.6. The van der Waals surface area contributed by atoms with Crippen molar-refractivity contribution in [3.8, 4) is 0 Å². The van der Waals surface area contributed by atoms with Gasteiger partial charge in [-0.25, -0.2) is 13.8 Å². The number of nitrogens with one attached hydrogen (secondary N) is 1. The standard InChI is InChI=1S/C36H47F2N5/c1-10-12-13-15-42-28(19-31-32(42)20-30(38)34(40-31)39-23(3)21-35(6,7)8)22-43-24(4)29-18-27(37)17-26(11-2)33(29)36(43)14-16-41(9)25(36)5/h17-20H,3-5,10-16,21-22H2,1-2,6-9H3,(H,39,40). The lowest BCUT2D eigenvalue weighted by molar-refractivity contribution is 0.206. The van der Waals surface area contributed by atoms with Crippen LogP contribution in [0.3, 0.4) is 0 Å². The highest BCUT2D eigenvalue weighted by Crippen LogP contribution is 2.56. The van der Waals surface area contributed by atoms with E-state index in [4.69, 9.17) is 4.98 Å². The monoisotopic (exact) mass is 587 g/mol. The second-order valence-corrected chi connectivity index (χ2v) is 13.5. The molecule has 0 saturated carbocycles. The van der Waals surface area contributed by atoms with E-state index in [1.807, 2.05) is 0 Å². The molecule has 4 heterocycles. The van der Waals surface area contributed by atoms with Crippen LogP contribution in [0.2, 0.25) is 0 Å². The van der Waals surface area contributed by atoms with Gasteiger partial charge in [-0.1, -0.05) is 67.2 Å². The van der Waals surface area contributed by atoms with Crippen molar-refractivity contribution < 1.29 is 8.78 Å². The zero-order chi connectivity index (χ0) is 31.3. The van der Waals surface area contributed by atoms with E-state index in [-0.39, 0.29) is 17.1 Å². The van der Waals surface area contributed by atoms with Gasteiger partial charge in [0.15, 0.2) is 11.6 Å². The molecule has 0 radical (unpaired) electrons. The number of unbranched alkanes of at least 4 members (excludes halogenated alkanes) is 2. The highest BCUT2D eigenvalue weighted by Gasteiger charge is 2.54. The number of hydrogen-bond acceptors (Lipinski definition) is 4. The third-order valence-corrected chi connectivity index (χ3v) is 9.09. The highest BCUT2D eigenvalue weighted by atomic mass is 19.1. The molecule has 1 aromatic carbocycles. The summed E-state index contributed by atoms with van der Waals surface area (Å²) >= 11 is 0. The summed E-state index contributed by atoms with van der Waals surface area (Å²) < 4.78 is 32.6. The first-order valence-electron chi connectivity index (χ1n) is 15.6. The molecule has 1 unspecified atom stereocenters. The fourth-order valence-electron chi connectivity index (χ4n) is 7.11. The topological polar surface area (TPSA) is 36.3 Å². The van der Waals surface area contributed by atoms with Crippen LogP contribution in [-0.2, 0) is 25.0 Å². The number of fused-ring (bicyclic) bond motifs is 3. The molecule has 0 aliphatic carbocycles. The Balaban J connectivity index is 1.60. The van der Waals surface area contributed by atoms with Crippen molar-refractivity contribution in [1.82, 2.24) is 19.4 Å². The van der Waals surface area contributed by atoms with Crippen molar-refractivity contribution in [3.63, 3.8) is 0 Å². The molecule has 5 nitrogen and oxygen atoms in total. The average Bonchev–Trinajstić information content (AvgIpc) is 3.49. The lowest BCUT2D eigenvalue weighted by Crippen LogP contribution is -2.41. The Morgan fingerprint density at radius 3 is 2.47 bits per heavy atom. The smallest absolute Gasteiger partial charge is 0.167 e. The number of rotatable bonds is 10. The Morgan fingerprint density at radius 1 is 1.09 bits per heavy atom. The Hall–Kier alpha value is -3.61. The summed E-state index contributed by atoms with van der Waals surface area (Å²) in [5.41, 5.74) is 7.54. The zero-order valence-corrected chi connectivity index (χ0v) is 26.8. The maximum atomic E-state index is 15.5. The molecular formula is C36H47F2N5. The van der Waals surface area contributed by atoms with E-state index in [0.29, 0.717) is 13.0 Å². The number of likely N-dealkylation sites (tertiary alicyclic amines) is 1. The molecule has 1 atom stereocenters. The molecular weight excluding hydrogens is 540 g/mol. The van der Waals surface area contributed by atoms with Gasteiger partial charge in [-0.15, -0.1) is 0 Å². The molecule has 2 aliphatic rings. The van der Waals surface area contributed by atoms with E-state index in [1.165, 1.54) is 0 Å². The number of aromatic nitrogens is 2. The van der Waals surface area contributed by atoms with Gasteiger partial charge in [0.05, 0.1) is 17.6 Å². The van der Waals surface area contributed by atoms with Gasteiger partial charge in [0.25, 0.3) is 0 Å². The molecule has 1 spiro atoms.